The van der Waals surface area contributed by atoms with Crippen LogP contribution < -0.4 is 5.32 Å². The van der Waals surface area contributed by atoms with E-state index in [1.54, 1.807) is 6.92 Å². The highest BCUT2D eigenvalue weighted by Crippen LogP contribution is 2.38. The first-order chi connectivity index (χ1) is 8.04. The van der Waals surface area contributed by atoms with E-state index in [-0.39, 0.29) is 18.6 Å². The first-order valence-corrected chi connectivity index (χ1v) is 6.14. The number of aliphatic hydroxyl groups is 1. The Balaban J connectivity index is 2.21. The smallest absolute Gasteiger partial charge is 0.253 e. The second kappa shape index (κ2) is 4.53. The molecule has 1 aromatic rings. The van der Waals surface area contributed by atoms with Crippen LogP contribution in [0.2, 0.25) is 0 Å². The topological polar surface area (TPSA) is 54.3 Å². The largest absolute Gasteiger partial charge is 0.394 e. The molecule has 17 heavy (non-hydrogen) atoms. The summed E-state index contributed by atoms with van der Waals surface area (Å²) in [6.07, 6.45) is 2.43. The van der Waals surface area contributed by atoms with Crippen molar-refractivity contribution in [2.75, 3.05) is 6.61 Å². The molecule has 0 saturated heterocycles. The van der Waals surface area contributed by atoms with Crippen molar-refractivity contribution in [1.82, 2.24) is 9.88 Å². The summed E-state index contributed by atoms with van der Waals surface area (Å²) in [5, 5.41) is 11.7. The summed E-state index contributed by atoms with van der Waals surface area (Å²) in [6.45, 7) is 5.78. The Hall–Kier alpha value is -1.29. The van der Waals surface area contributed by atoms with Gasteiger partial charge in [-0.25, -0.2) is 0 Å². The first-order valence-electron chi connectivity index (χ1n) is 6.14. The fourth-order valence-electron chi connectivity index (χ4n) is 2.25. The fourth-order valence-corrected chi connectivity index (χ4v) is 2.25. The molecule has 0 aliphatic heterocycles. The van der Waals surface area contributed by atoms with E-state index in [0.29, 0.717) is 6.04 Å². The molecule has 0 spiro atoms. The highest BCUT2D eigenvalue weighted by Gasteiger charge is 2.28. The molecule has 1 aromatic heterocycles. The number of rotatable bonds is 4. The lowest BCUT2D eigenvalue weighted by Gasteiger charge is -2.11. The Morgan fingerprint density at radius 1 is 1.59 bits per heavy atom. The van der Waals surface area contributed by atoms with Crippen molar-refractivity contribution in [3.8, 4) is 0 Å². The molecule has 1 heterocycles. The third kappa shape index (κ3) is 2.36. The third-order valence-corrected chi connectivity index (χ3v) is 3.29. The maximum Gasteiger partial charge on any atom is 0.253 e. The van der Waals surface area contributed by atoms with E-state index in [2.05, 4.69) is 9.88 Å². The number of aliphatic hydroxyl groups excluding tert-OH is 1. The summed E-state index contributed by atoms with van der Waals surface area (Å²) in [4.78, 5) is 12.0. The Morgan fingerprint density at radius 3 is 2.76 bits per heavy atom. The van der Waals surface area contributed by atoms with Crippen LogP contribution in [0.15, 0.2) is 6.07 Å². The maximum atomic E-state index is 12.0. The molecule has 4 nitrogen and oxygen atoms in total. The van der Waals surface area contributed by atoms with E-state index in [1.165, 1.54) is 12.8 Å². The molecule has 2 N–H and O–H groups in total. The Labute approximate surface area is 102 Å². The van der Waals surface area contributed by atoms with Gasteiger partial charge in [0.25, 0.3) is 5.91 Å². The van der Waals surface area contributed by atoms with Gasteiger partial charge in [-0.1, -0.05) is 0 Å². The van der Waals surface area contributed by atoms with E-state index < -0.39 is 0 Å². The molecule has 1 saturated carbocycles. The number of aryl methyl sites for hydroxylation is 1. The summed E-state index contributed by atoms with van der Waals surface area (Å²) in [6, 6.07) is 2.32. The number of carbonyl (C=O) groups excluding carboxylic acids is 1. The van der Waals surface area contributed by atoms with E-state index in [0.717, 1.165) is 17.0 Å². The van der Waals surface area contributed by atoms with E-state index in [4.69, 9.17) is 5.11 Å². The van der Waals surface area contributed by atoms with Gasteiger partial charge in [0.05, 0.1) is 12.2 Å². The molecule has 0 radical (unpaired) electrons. The van der Waals surface area contributed by atoms with Gasteiger partial charge in [0, 0.05) is 23.5 Å². The highest BCUT2D eigenvalue weighted by atomic mass is 16.3. The molecule has 1 amide bonds. The van der Waals surface area contributed by atoms with Gasteiger partial charge >= 0.3 is 0 Å². The lowest BCUT2D eigenvalue weighted by molar-refractivity contribution is 0.0921. The van der Waals surface area contributed by atoms with Gasteiger partial charge in [-0.2, -0.15) is 0 Å². The lowest BCUT2D eigenvalue weighted by atomic mass is 10.2. The van der Waals surface area contributed by atoms with Crippen LogP contribution in [0.1, 0.15) is 47.6 Å². The maximum absolute atomic E-state index is 12.0. The van der Waals surface area contributed by atoms with Crippen molar-refractivity contribution < 1.29 is 9.90 Å². The Kier molecular flexibility index (Phi) is 3.24. The molecule has 1 aliphatic rings. The quantitative estimate of drug-likeness (QED) is 0.833. The number of nitrogens with one attached hydrogen (secondary N) is 1. The lowest BCUT2D eigenvalue weighted by Crippen LogP contribution is -2.35. The second-order valence-corrected chi connectivity index (χ2v) is 4.94. The summed E-state index contributed by atoms with van der Waals surface area (Å²) < 4.78 is 2.25. The first kappa shape index (κ1) is 12.2. The van der Waals surface area contributed by atoms with Crippen molar-refractivity contribution >= 4 is 5.91 Å². The van der Waals surface area contributed by atoms with Crippen molar-refractivity contribution in [2.45, 2.75) is 45.7 Å². The zero-order valence-corrected chi connectivity index (χ0v) is 10.7. The average molecular weight is 236 g/mol. The second-order valence-electron chi connectivity index (χ2n) is 4.94. The molecule has 1 aliphatic carbocycles. The molecule has 1 fully saturated rings. The molecule has 94 valence electrons. The number of hydrogen-bond donors (Lipinski definition) is 2. The zero-order chi connectivity index (χ0) is 12.6. The predicted octanol–water partition coefficient (Wildman–Crippen LogP) is 1.55. The number of amides is 1. The molecule has 1 unspecified atom stereocenters. The number of nitrogens with zero attached hydrogens (tertiary/aromatic N) is 1. The molecule has 0 bridgehead atoms. The number of aromatic nitrogens is 1. The van der Waals surface area contributed by atoms with Crippen molar-refractivity contribution in [1.29, 1.82) is 0 Å². The number of hydrogen-bond acceptors (Lipinski definition) is 2. The van der Waals surface area contributed by atoms with E-state index >= 15 is 0 Å². The Morgan fingerprint density at radius 2 is 2.24 bits per heavy atom. The van der Waals surface area contributed by atoms with Crippen LogP contribution in [0.25, 0.3) is 0 Å². The molecule has 1 atom stereocenters. The number of carbonyl (C=O) groups is 1. The molecule has 4 heteroatoms. The van der Waals surface area contributed by atoms with Crippen LogP contribution in [0, 0.1) is 13.8 Å². The van der Waals surface area contributed by atoms with Gasteiger partial charge in [-0.05, 0) is 39.7 Å². The van der Waals surface area contributed by atoms with Gasteiger partial charge in [0.15, 0.2) is 0 Å². The zero-order valence-electron chi connectivity index (χ0n) is 10.7. The van der Waals surface area contributed by atoms with Gasteiger partial charge in [0.2, 0.25) is 0 Å². The monoisotopic (exact) mass is 236 g/mol. The molecule has 0 aromatic carbocycles. The Bertz CT molecular complexity index is 433. The van der Waals surface area contributed by atoms with Crippen LogP contribution in [0.4, 0.5) is 0 Å². The molecular weight excluding hydrogens is 216 g/mol. The van der Waals surface area contributed by atoms with Crippen LogP contribution >= 0.6 is 0 Å². The summed E-state index contributed by atoms with van der Waals surface area (Å²) in [7, 11) is 0. The van der Waals surface area contributed by atoms with E-state index in [9.17, 15) is 4.79 Å². The minimum Gasteiger partial charge on any atom is -0.394 e. The summed E-state index contributed by atoms with van der Waals surface area (Å²) >= 11 is 0. The third-order valence-electron chi connectivity index (χ3n) is 3.29. The molecule has 2 rings (SSSR count). The van der Waals surface area contributed by atoms with Crippen molar-refractivity contribution in [2.24, 2.45) is 0 Å². The minimum atomic E-state index is -0.202. The van der Waals surface area contributed by atoms with Crippen LogP contribution in [-0.4, -0.2) is 28.2 Å². The van der Waals surface area contributed by atoms with Gasteiger partial charge < -0.3 is 15.0 Å². The predicted molar refractivity (Wildman–Crippen MR) is 66.2 cm³/mol. The minimum absolute atomic E-state index is 0.0346. The van der Waals surface area contributed by atoms with Gasteiger partial charge in [-0.3, -0.25) is 4.79 Å². The summed E-state index contributed by atoms with van der Waals surface area (Å²) in [5.74, 6) is -0.0912. The van der Waals surface area contributed by atoms with E-state index in [1.807, 2.05) is 19.9 Å². The summed E-state index contributed by atoms with van der Waals surface area (Å²) in [5.41, 5.74) is 2.91. The van der Waals surface area contributed by atoms with Crippen molar-refractivity contribution in [3.05, 3.63) is 23.0 Å². The average Bonchev–Trinajstić information content (AvgIpc) is 3.05. The normalized spacial score (nSPS) is 16.9. The standard InChI is InChI=1S/C13H20N2O2/c1-8(7-16)14-13(17)12-6-9(2)15(10(12)3)11-4-5-11/h6,8,11,16H,4-5,7H2,1-3H3,(H,14,17). The van der Waals surface area contributed by atoms with Crippen molar-refractivity contribution in [3.63, 3.8) is 0 Å². The fraction of sp³-hybridized carbons (Fsp3) is 0.615. The highest BCUT2D eigenvalue weighted by molar-refractivity contribution is 5.95. The van der Waals surface area contributed by atoms with Crippen LogP contribution in [0.3, 0.4) is 0 Å². The van der Waals surface area contributed by atoms with Crippen LogP contribution in [-0.2, 0) is 0 Å². The molecular formula is C13H20N2O2. The van der Waals surface area contributed by atoms with Crippen LogP contribution in [0.5, 0.6) is 0 Å². The SMILES string of the molecule is Cc1cc(C(=O)NC(C)CO)c(C)n1C1CC1. The van der Waals surface area contributed by atoms with Gasteiger partial charge in [-0.15, -0.1) is 0 Å². The van der Waals surface area contributed by atoms with Gasteiger partial charge in [0.1, 0.15) is 0 Å².